The van der Waals surface area contributed by atoms with Crippen LogP contribution in [0.1, 0.15) is 12.8 Å². The van der Waals surface area contributed by atoms with Gasteiger partial charge in [0.25, 0.3) is 0 Å². The van der Waals surface area contributed by atoms with Crippen molar-refractivity contribution >= 4 is 40.9 Å². The van der Waals surface area contributed by atoms with Crippen molar-refractivity contribution in [1.82, 2.24) is 0 Å². The molecule has 104 valence electrons. The van der Waals surface area contributed by atoms with Gasteiger partial charge < -0.3 is 10.1 Å². The average Bonchev–Trinajstić information content (AvgIpc) is 2.40. The van der Waals surface area contributed by atoms with E-state index in [4.69, 9.17) is 22.8 Å². The largest absolute Gasteiger partial charge is 0.465 e. The van der Waals surface area contributed by atoms with Gasteiger partial charge in [0.15, 0.2) is 0 Å². The summed E-state index contributed by atoms with van der Waals surface area (Å²) in [7, 11) is 0. The molecule has 0 saturated heterocycles. The van der Waals surface area contributed by atoms with Crippen molar-refractivity contribution in [2.24, 2.45) is 0 Å². The molecular weight excluding hydrogens is 298 g/mol. The lowest BCUT2D eigenvalue weighted by atomic mass is 10.2. The normalized spacial score (nSPS) is 16.8. The third kappa shape index (κ3) is 3.69. The molecule has 1 heterocycles. The molecule has 1 amide bonds. The van der Waals surface area contributed by atoms with Gasteiger partial charge in [-0.3, -0.25) is 9.59 Å². The topological polar surface area (TPSA) is 55.4 Å². The Balaban J connectivity index is 1.97. The minimum atomic E-state index is -0.498. The first-order valence-electron chi connectivity index (χ1n) is 5.96. The van der Waals surface area contributed by atoms with E-state index < -0.39 is 11.2 Å². The molecule has 0 fully saturated rings. The summed E-state index contributed by atoms with van der Waals surface area (Å²) in [5, 5.41) is 2.79. The molecule has 2 rings (SSSR count). The first-order chi connectivity index (χ1) is 9.60. The van der Waals surface area contributed by atoms with Gasteiger partial charge in [-0.25, -0.2) is 0 Å². The highest BCUT2D eigenvalue weighted by molar-refractivity contribution is 8.01. The van der Waals surface area contributed by atoms with Gasteiger partial charge in [-0.1, -0.05) is 11.6 Å². The summed E-state index contributed by atoms with van der Waals surface area (Å²) < 4.78 is 4.94. The van der Waals surface area contributed by atoms with Gasteiger partial charge in [-0.2, -0.15) is 0 Å². The number of nitrogens with one attached hydrogen (secondary N) is 1. The summed E-state index contributed by atoms with van der Waals surface area (Å²) in [6.45, 7) is 0.181. The van der Waals surface area contributed by atoms with Gasteiger partial charge in [0.2, 0.25) is 5.91 Å². The molecule has 20 heavy (non-hydrogen) atoms. The number of fused-ring (bicyclic) bond motifs is 1. The Bertz CT molecular complexity index is 582. The summed E-state index contributed by atoms with van der Waals surface area (Å²) in [6, 6.07) is 5.24. The lowest BCUT2D eigenvalue weighted by Crippen LogP contribution is -2.31. The minimum absolute atomic E-state index is 0.0170. The second kappa shape index (κ2) is 6.69. The van der Waals surface area contributed by atoms with Crippen LogP contribution in [-0.2, 0) is 14.3 Å². The zero-order chi connectivity index (χ0) is 14.5. The number of benzene rings is 1. The molecule has 1 aromatic rings. The van der Waals surface area contributed by atoms with Crippen LogP contribution in [0.5, 0.6) is 0 Å². The second-order valence-corrected chi connectivity index (χ2v) is 5.80. The Labute approximate surface area is 126 Å². The van der Waals surface area contributed by atoms with E-state index in [2.05, 4.69) is 11.2 Å². The van der Waals surface area contributed by atoms with Crippen LogP contribution in [0.2, 0.25) is 5.02 Å². The molecule has 1 unspecified atom stereocenters. The fourth-order valence-electron chi connectivity index (χ4n) is 1.69. The molecule has 6 heteroatoms. The molecule has 1 N–H and O–H groups in total. The van der Waals surface area contributed by atoms with Crippen LogP contribution in [0, 0.1) is 12.3 Å². The molecule has 0 saturated carbocycles. The molecular formula is C14H12ClNO3S. The van der Waals surface area contributed by atoms with Crippen LogP contribution in [0.15, 0.2) is 23.1 Å². The lowest BCUT2D eigenvalue weighted by Gasteiger charge is -2.23. The van der Waals surface area contributed by atoms with E-state index in [1.165, 1.54) is 11.8 Å². The highest BCUT2D eigenvalue weighted by Crippen LogP contribution is 2.38. The van der Waals surface area contributed by atoms with E-state index >= 15 is 0 Å². The van der Waals surface area contributed by atoms with Crippen molar-refractivity contribution in [1.29, 1.82) is 0 Å². The number of thioether (sulfide) groups is 1. The van der Waals surface area contributed by atoms with Crippen LogP contribution >= 0.6 is 23.4 Å². The van der Waals surface area contributed by atoms with Gasteiger partial charge in [0, 0.05) is 16.3 Å². The van der Waals surface area contributed by atoms with E-state index in [1.54, 1.807) is 12.1 Å². The second-order valence-electron chi connectivity index (χ2n) is 4.11. The smallest absolute Gasteiger partial charge is 0.307 e. The first kappa shape index (κ1) is 14.8. The van der Waals surface area contributed by atoms with E-state index in [0.717, 1.165) is 4.90 Å². The van der Waals surface area contributed by atoms with E-state index in [0.29, 0.717) is 17.1 Å². The molecule has 0 aliphatic carbocycles. The number of hydrogen-bond acceptors (Lipinski definition) is 4. The first-order valence-corrected chi connectivity index (χ1v) is 7.22. The van der Waals surface area contributed by atoms with Crippen molar-refractivity contribution in [2.45, 2.75) is 23.0 Å². The van der Waals surface area contributed by atoms with E-state index in [-0.39, 0.29) is 18.9 Å². The third-order valence-electron chi connectivity index (χ3n) is 2.62. The predicted molar refractivity (Wildman–Crippen MR) is 78.8 cm³/mol. The molecule has 0 bridgehead atoms. The van der Waals surface area contributed by atoms with Crippen LogP contribution in [0.25, 0.3) is 0 Å². The van der Waals surface area contributed by atoms with Gasteiger partial charge in [-0.05, 0) is 18.2 Å². The van der Waals surface area contributed by atoms with Gasteiger partial charge in [-0.15, -0.1) is 24.1 Å². The molecule has 0 aromatic heterocycles. The number of ether oxygens (including phenoxy) is 1. The molecule has 1 aliphatic heterocycles. The number of esters is 1. The summed E-state index contributed by atoms with van der Waals surface area (Å²) in [4.78, 5) is 24.4. The molecule has 0 radical (unpaired) electrons. The zero-order valence-electron chi connectivity index (χ0n) is 10.5. The van der Waals surface area contributed by atoms with Crippen molar-refractivity contribution in [3.8, 4) is 12.3 Å². The number of terminal acetylenes is 1. The number of carbonyl (C=O) groups is 2. The Morgan fingerprint density at radius 3 is 3.10 bits per heavy atom. The maximum atomic E-state index is 11.9. The summed E-state index contributed by atoms with van der Waals surface area (Å²) >= 11 is 7.19. The summed E-state index contributed by atoms with van der Waals surface area (Å²) in [5.74, 6) is 1.73. The van der Waals surface area contributed by atoms with Crippen molar-refractivity contribution < 1.29 is 14.3 Å². The number of halogens is 1. The van der Waals surface area contributed by atoms with Gasteiger partial charge in [0.05, 0.1) is 17.4 Å². The van der Waals surface area contributed by atoms with Crippen molar-refractivity contribution in [3.05, 3.63) is 23.2 Å². The number of anilines is 1. The lowest BCUT2D eigenvalue weighted by molar-refractivity contribution is -0.144. The third-order valence-corrected chi connectivity index (χ3v) is 4.13. The molecule has 4 nitrogen and oxygen atoms in total. The summed E-state index contributed by atoms with van der Waals surface area (Å²) in [6.07, 6.45) is 5.46. The quantitative estimate of drug-likeness (QED) is 0.528. The highest BCUT2D eigenvalue weighted by Gasteiger charge is 2.29. The highest BCUT2D eigenvalue weighted by atomic mass is 35.5. The molecule has 1 aromatic carbocycles. The van der Waals surface area contributed by atoms with Gasteiger partial charge in [0.1, 0.15) is 6.61 Å². The van der Waals surface area contributed by atoms with Crippen molar-refractivity contribution in [2.75, 3.05) is 11.9 Å². The monoisotopic (exact) mass is 309 g/mol. The Morgan fingerprint density at radius 2 is 2.35 bits per heavy atom. The molecule has 1 aliphatic rings. The SMILES string of the molecule is C#CCCOC(=O)CC1Sc2ccc(Cl)cc2NC1=O. The van der Waals surface area contributed by atoms with Crippen LogP contribution in [-0.4, -0.2) is 23.7 Å². The summed E-state index contributed by atoms with van der Waals surface area (Å²) in [5.41, 5.74) is 0.671. The maximum Gasteiger partial charge on any atom is 0.307 e. The number of carbonyl (C=O) groups excluding carboxylic acids is 2. The number of amides is 1. The molecule has 0 spiro atoms. The van der Waals surface area contributed by atoms with Crippen LogP contribution in [0.3, 0.4) is 0 Å². The minimum Gasteiger partial charge on any atom is -0.465 e. The molecule has 1 atom stereocenters. The number of hydrogen-bond donors (Lipinski definition) is 1. The van der Waals surface area contributed by atoms with Crippen LogP contribution < -0.4 is 5.32 Å². The fraction of sp³-hybridized carbons (Fsp3) is 0.286. The van der Waals surface area contributed by atoms with Crippen molar-refractivity contribution in [3.63, 3.8) is 0 Å². The maximum absolute atomic E-state index is 11.9. The van der Waals surface area contributed by atoms with E-state index in [9.17, 15) is 9.59 Å². The Hall–Kier alpha value is -1.64. The van der Waals surface area contributed by atoms with Gasteiger partial charge >= 0.3 is 5.97 Å². The van der Waals surface area contributed by atoms with E-state index in [1.807, 2.05) is 6.07 Å². The van der Waals surface area contributed by atoms with Crippen LogP contribution in [0.4, 0.5) is 5.69 Å². The predicted octanol–water partition coefficient (Wildman–Crippen LogP) is 2.71. The zero-order valence-corrected chi connectivity index (χ0v) is 12.1. The fourth-order valence-corrected chi connectivity index (χ4v) is 2.94. The standard InChI is InChI=1S/C14H12ClNO3S/c1-2-3-6-19-13(17)8-12-14(18)16-10-7-9(15)4-5-11(10)20-12/h1,4-5,7,12H,3,6,8H2,(H,16,18). The Morgan fingerprint density at radius 1 is 1.55 bits per heavy atom. The average molecular weight is 310 g/mol. The Kier molecular flexibility index (Phi) is 4.94. The number of rotatable bonds is 4.